The first-order valence-corrected chi connectivity index (χ1v) is 8.87. The molecule has 0 heterocycles. The topological polar surface area (TPSA) is 76.0 Å². The Morgan fingerprint density at radius 1 is 1.33 bits per heavy atom. The van der Waals surface area contributed by atoms with Gasteiger partial charge in [-0.05, 0) is 29.2 Å². The number of carbonyl (C=O) groups excluding carboxylic acids is 1. The molecule has 1 amide bonds. The number of hydrogen-bond donors (Lipinski definition) is 1. The summed E-state index contributed by atoms with van der Waals surface area (Å²) in [6.45, 7) is -0.00833. The summed E-state index contributed by atoms with van der Waals surface area (Å²) in [6.07, 6.45) is 4.24. The summed E-state index contributed by atoms with van der Waals surface area (Å²) in [4.78, 5) is 27.0. The molecule has 1 aromatic carbocycles. The average molecular weight is 365 g/mol. The zero-order chi connectivity index (χ0) is 17.5. The van der Waals surface area contributed by atoms with Gasteiger partial charge in [-0.15, -0.1) is 0 Å². The largest absolute Gasteiger partial charge is 0.477 e. The van der Waals surface area contributed by atoms with E-state index in [0.29, 0.717) is 10.6 Å². The van der Waals surface area contributed by atoms with Crippen LogP contribution in [0.3, 0.4) is 0 Å². The molecule has 0 spiro atoms. The lowest BCUT2D eigenvalue weighted by molar-refractivity contribution is -0.129. The lowest BCUT2D eigenvalue weighted by Crippen LogP contribution is -2.28. The SMILES string of the molecule is O=C(/N=C(/C(=O)O)[C@@H]([Si])C1CCCCC1)OCc1cccc(Cl)c1. The minimum Gasteiger partial charge on any atom is -0.477 e. The molecule has 1 aliphatic rings. The van der Waals surface area contributed by atoms with Gasteiger partial charge in [0.25, 0.3) is 0 Å². The Morgan fingerprint density at radius 3 is 2.67 bits per heavy atom. The van der Waals surface area contributed by atoms with Gasteiger partial charge in [0.15, 0.2) is 0 Å². The number of aliphatic imine (C=N–C) groups is 1. The van der Waals surface area contributed by atoms with Gasteiger partial charge in [0.1, 0.15) is 12.3 Å². The highest BCUT2D eigenvalue weighted by atomic mass is 35.5. The first kappa shape index (κ1) is 18.7. The van der Waals surface area contributed by atoms with E-state index in [1.807, 2.05) is 0 Å². The highest BCUT2D eigenvalue weighted by Gasteiger charge is 2.28. The molecule has 127 valence electrons. The van der Waals surface area contributed by atoms with Crippen molar-refractivity contribution in [2.75, 3.05) is 0 Å². The number of rotatable bonds is 5. The second-order valence-electron chi connectivity index (χ2n) is 5.86. The predicted molar refractivity (Wildman–Crippen MR) is 92.8 cm³/mol. The van der Waals surface area contributed by atoms with Crippen LogP contribution >= 0.6 is 11.6 Å². The minimum absolute atomic E-state index is 0.00833. The Hall–Kier alpha value is -1.66. The molecule has 3 radical (unpaired) electrons. The van der Waals surface area contributed by atoms with E-state index in [9.17, 15) is 14.7 Å². The van der Waals surface area contributed by atoms with E-state index in [-0.39, 0.29) is 18.2 Å². The number of aliphatic carboxylic acids is 1. The number of halogens is 1. The fourth-order valence-electron chi connectivity index (χ4n) is 2.84. The molecule has 0 unspecified atom stereocenters. The molecule has 0 bridgehead atoms. The summed E-state index contributed by atoms with van der Waals surface area (Å²) in [7, 11) is 3.46. The van der Waals surface area contributed by atoms with Crippen LogP contribution in [0.5, 0.6) is 0 Å². The van der Waals surface area contributed by atoms with Crippen molar-refractivity contribution >= 4 is 39.6 Å². The van der Waals surface area contributed by atoms with E-state index in [0.717, 1.165) is 32.1 Å². The normalized spacial score (nSPS) is 17.3. The Morgan fingerprint density at radius 2 is 2.04 bits per heavy atom. The van der Waals surface area contributed by atoms with Gasteiger partial charge in [0, 0.05) is 15.3 Å². The number of carboxylic acids is 1. The van der Waals surface area contributed by atoms with E-state index in [1.54, 1.807) is 24.3 Å². The maximum atomic E-state index is 11.9. The number of benzene rings is 1. The number of carboxylic acid groups (broad SMARTS) is 1. The lowest BCUT2D eigenvalue weighted by atomic mass is 9.85. The lowest BCUT2D eigenvalue weighted by Gasteiger charge is -2.27. The molecule has 0 aliphatic heterocycles. The molecule has 1 fully saturated rings. The average Bonchev–Trinajstić information content (AvgIpc) is 2.58. The van der Waals surface area contributed by atoms with Crippen molar-refractivity contribution in [2.45, 2.75) is 44.3 Å². The zero-order valence-electron chi connectivity index (χ0n) is 13.2. The highest BCUT2D eigenvalue weighted by molar-refractivity contribution is 6.47. The van der Waals surface area contributed by atoms with Gasteiger partial charge in [-0.1, -0.05) is 55.8 Å². The molecule has 1 aromatic rings. The minimum atomic E-state index is -1.21. The van der Waals surface area contributed by atoms with Crippen molar-refractivity contribution < 1.29 is 19.4 Å². The van der Waals surface area contributed by atoms with Crippen molar-refractivity contribution in [3.8, 4) is 0 Å². The Balaban J connectivity index is 2.00. The molecule has 7 heteroatoms. The molecule has 5 nitrogen and oxygen atoms in total. The monoisotopic (exact) mass is 364 g/mol. The van der Waals surface area contributed by atoms with Crippen molar-refractivity contribution in [1.82, 2.24) is 0 Å². The van der Waals surface area contributed by atoms with E-state index in [2.05, 4.69) is 15.2 Å². The molecule has 0 aromatic heterocycles. The van der Waals surface area contributed by atoms with Crippen molar-refractivity contribution in [2.24, 2.45) is 10.9 Å². The van der Waals surface area contributed by atoms with Crippen LogP contribution in [-0.2, 0) is 16.1 Å². The van der Waals surface area contributed by atoms with Crippen LogP contribution in [0.25, 0.3) is 0 Å². The summed E-state index contributed by atoms with van der Waals surface area (Å²) >= 11 is 5.86. The van der Waals surface area contributed by atoms with Crippen LogP contribution in [0, 0.1) is 5.92 Å². The second-order valence-corrected chi connectivity index (χ2v) is 6.92. The predicted octanol–water partition coefficient (Wildman–Crippen LogP) is 4.04. The summed E-state index contributed by atoms with van der Waals surface area (Å²) in [5.41, 5.74) is 0.0568. The van der Waals surface area contributed by atoms with Crippen molar-refractivity contribution in [3.63, 3.8) is 0 Å². The number of carbonyl (C=O) groups is 2. The van der Waals surface area contributed by atoms with Crippen LogP contribution in [0.4, 0.5) is 4.79 Å². The number of ether oxygens (including phenoxy) is 1. The molecule has 1 atom stereocenters. The van der Waals surface area contributed by atoms with Gasteiger partial charge in [0.05, 0.1) is 0 Å². The van der Waals surface area contributed by atoms with E-state index in [1.165, 1.54) is 0 Å². The highest BCUT2D eigenvalue weighted by Crippen LogP contribution is 2.32. The number of nitrogens with zero attached hydrogens (tertiary/aromatic N) is 1. The van der Waals surface area contributed by atoms with E-state index >= 15 is 0 Å². The molecule has 0 saturated heterocycles. The molecule has 1 saturated carbocycles. The van der Waals surface area contributed by atoms with Crippen LogP contribution in [0.2, 0.25) is 10.6 Å². The van der Waals surface area contributed by atoms with Crippen LogP contribution in [0.15, 0.2) is 29.3 Å². The quantitative estimate of drug-likeness (QED) is 0.632. The van der Waals surface area contributed by atoms with E-state index < -0.39 is 17.6 Å². The third-order valence-corrected chi connectivity index (χ3v) is 5.08. The second kappa shape index (κ2) is 8.99. The van der Waals surface area contributed by atoms with Gasteiger partial charge < -0.3 is 9.84 Å². The first-order chi connectivity index (χ1) is 11.5. The van der Waals surface area contributed by atoms with Crippen LogP contribution in [0.1, 0.15) is 37.7 Å². The molecule has 1 aliphatic carbocycles. The summed E-state index contributed by atoms with van der Waals surface area (Å²) < 4.78 is 5.03. The van der Waals surface area contributed by atoms with Gasteiger partial charge in [0.2, 0.25) is 0 Å². The van der Waals surface area contributed by atoms with Gasteiger partial charge >= 0.3 is 12.1 Å². The fourth-order valence-corrected chi connectivity index (χ4v) is 3.58. The molecule has 24 heavy (non-hydrogen) atoms. The molecule has 1 N–H and O–H groups in total. The van der Waals surface area contributed by atoms with Gasteiger partial charge in [-0.2, -0.15) is 4.99 Å². The maximum absolute atomic E-state index is 11.9. The smallest absolute Gasteiger partial charge is 0.434 e. The maximum Gasteiger partial charge on any atom is 0.434 e. The van der Waals surface area contributed by atoms with E-state index in [4.69, 9.17) is 16.3 Å². The van der Waals surface area contributed by atoms with Crippen molar-refractivity contribution in [1.29, 1.82) is 0 Å². The molecular weight excluding hydrogens is 346 g/mol. The molecule has 2 rings (SSSR count). The Bertz CT molecular complexity index is 629. The molecular formula is C17H19ClNO4Si. The zero-order valence-corrected chi connectivity index (χ0v) is 15.0. The van der Waals surface area contributed by atoms with Crippen LogP contribution in [-0.4, -0.2) is 33.1 Å². The van der Waals surface area contributed by atoms with Crippen LogP contribution < -0.4 is 0 Å². The summed E-state index contributed by atoms with van der Waals surface area (Å²) in [5, 5.41) is 9.90. The van der Waals surface area contributed by atoms with Gasteiger partial charge in [-0.25, -0.2) is 9.59 Å². The Labute approximate surface area is 149 Å². The summed E-state index contributed by atoms with van der Waals surface area (Å²) in [5.74, 6) is -1.04. The van der Waals surface area contributed by atoms with Gasteiger partial charge in [-0.3, -0.25) is 0 Å². The number of amides is 1. The van der Waals surface area contributed by atoms with Crippen molar-refractivity contribution in [3.05, 3.63) is 34.9 Å². The standard InChI is InChI=1S/C17H19ClNO4Si/c18-13-8-4-5-11(9-13)10-23-17(22)19-14(16(20)21)15(24)12-6-2-1-3-7-12/h4-5,8-9,12,15H,1-3,6-7,10H2,(H,20,21)/b19-14+/t15-/m0/s1. The summed E-state index contributed by atoms with van der Waals surface area (Å²) in [6, 6.07) is 6.89. The third-order valence-electron chi connectivity index (χ3n) is 4.10. The fraction of sp³-hybridized carbons (Fsp3) is 0.471. The number of hydrogen-bond acceptors (Lipinski definition) is 3. The first-order valence-electron chi connectivity index (χ1n) is 7.91. The Kier molecular flexibility index (Phi) is 6.99. The third kappa shape index (κ3) is 5.45.